The smallest absolute Gasteiger partial charge is 0.233 e. The molecule has 0 aliphatic carbocycles. The molecule has 1 heterocycles. The normalized spacial score (nSPS) is 10.3. The van der Waals surface area contributed by atoms with Crippen LogP contribution < -0.4 is 4.74 Å². The summed E-state index contributed by atoms with van der Waals surface area (Å²) in [5, 5.41) is 4.28. The molecule has 4 heteroatoms. The van der Waals surface area contributed by atoms with Crippen molar-refractivity contribution >= 4 is 15.9 Å². The number of hydrogen-bond acceptors (Lipinski definition) is 2. The Hall–Kier alpha value is -1.29. The van der Waals surface area contributed by atoms with Gasteiger partial charge in [0.05, 0.1) is 12.3 Å². The summed E-state index contributed by atoms with van der Waals surface area (Å²) in [5.41, 5.74) is 1.01. The minimum absolute atomic E-state index is 0.634. The van der Waals surface area contributed by atoms with E-state index < -0.39 is 0 Å². The van der Waals surface area contributed by atoms with E-state index in [4.69, 9.17) is 4.74 Å². The number of nitrogens with zero attached hydrogens (tertiary/aromatic N) is 2. The zero-order valence-corrected chi connectivity index (χ0v) is 9.94. The Morgan fingerprint density at radius 2 is 2.27 bits per heavy atom. The summed E-state index contributed by atoms with van der Waals surface area (Å²) in [4.78, 5) is 0. The van der Waals surface area contributed by atoms with Gasteiger partial charge in [0, 0.05) is 16.7 Å². The highest BCUT2D eigenvalue weighted by Gasteiger charge is 2.01. The molecule has 0 amide bonds. The van der Waals surface area contributed by atoms with Crippen molar-refractivity contribution in [3.63, 3.8) is 0 Å². The minimum Gasteiger partial charge on any atom is -0.477 e. The Labute approximate surface area is 96.8 Å². The number of hydrogen-bond donors (Lipinski definition) is 0. The van der Waals surface area contributed by atoms with Gasteiger partial charge in [-0.1, -0.05) is 22.0 Å². The maximum Gasteiger partial charge on any atom is 0.233 e. The van der Waals surface area contributed by atoms with Crippen LogP contribution in [0.5, 0.6) is 5.88 Å². The molecule has 0 saturated heterocycles. The quantitative estimate of drug-likeness (QED) is 0.854. The monoisotopic (exact) mass is 266 g/mol. The van der Waals surface area contributed by atoms with Crippen LogP contribution in [-0.4, -0.2) is 16.4 Å². The van der Waals surface area contributed by atoms with Crippen LogP contribution in [-0.2, 0) is 0 Å². The average Bonchev–Trinajstić information content (AvgIpc) is 2.67. The van der Waals surface area contributed by atoms with Crippen molar-refractivity contribution < 1.29 is 4.74 Å². The van der Waals surface area contributed by atoms with E-state index in [9.17, 15) is 0 Å². The van der Waals surface area contributed by atoms with Crippen LogP contribution in [0.1, 0.15) is 6.92 Å². The van der Waals surface area contributed by atoms with Crippen LogP contribution in [0.25, 0.3) is 5.69 Å². The van der Waals surface area contributed by atoms with Crippen LogP contribution in [0.3, 0.4) is 0 Å². The summed E-state index contributed by atoms with van der Waals surface area (Å²) >= 11 is 3.42. The summed E-state index contributed by atoms with van der Waals surface area (Å²) < 4.78 is 8.12. The van der Waals surface area contributed by atoms with Crippen LogP contribution in [0.15, 0.2) is 41.0 Å². The van der Waals surface area contributed by atoms with E-state index in [0.717, 1.165) is 10.2 Å². The number of benzene rings is 1. The molecule has 1 aromatic heterocycles. The number of aromatic nitrogens is 2. The van der Waals surface area contributed by atoms with Crippen LogP contribution in [0.2, 0.25) is 0 Å². The topological polar surface area (TPSA) is 27.1 Å². The molecule has 3 nitrogen and oxygen atoms in total. The second kappa shape index (κ2) is 4.49. The van der Waals surface area contributed by atoms with Gasteiger partial charge in [-0.15, -0.1) is 5.10 Å². The fourth-order valence-electron chi connectivity index (χ4n) is 1.29. The lowest BCUT2D eigenvalue weighted by atomic mass is 10.3. The molecule has 1 aromatic carbocycles. The third-order valence-electron chi connectivity index (χ3n) is 1.93. The summed E-state index contributed by atoms with van der Waals surface area (Å²) in [5.74, 6) is 0.650. The van der Waals surface area contributed by atoms with E-state index >= 15 is 0 Å². The molecule has 0 spiro atoms. The van der Waals surface area contributed by atoms with E-state index in [0.29, 0.717) is 12.5 Å². The predicted octanol–water partition coefficient (Wildman–Crippen LogP) is 3.03. The van der Waals surface area contributed by atoms with Crippen molar-refractivity contribution in [2.75, 3.05) is 6.61 Å². The summed E-state index contributed by atoms with van der Waals surface area (Å²) in [7, 11) is 0. The molecule has 2 rings (SSSR count). The molecular formula is C11H11BrN2O. The molecule has 0 fully saturated rings. The second-order valence-corrected chi connectivity index (χ2v) is 3.93. The zero-order chi connectivity index (χ0) is 10.7. The van der Waals surface area contributed by atoms with Gasteiger partial charge in [0.2, 0.25) is 5.88 Å². The molecule has 0 aliphatic rings. The molecule has 15 heavy (non-hydrogen) atoms. The van der Waals surface area contributed by atoms with E-state index in [1.165, 1.54) is 0 Å². The van der Waals surface area contributed by atoms with Crippen molar-refractivity contribution in [2.45, 2.75) is 6.92 Å². The van der Waals surface area contributed by atoms with Gasteiger partial charge in [-0.25, -0.2) is 4.68 Å². The molecular weight excluding hydrogens is 256 g/mol. The number of halogens is 1. The maximum absolute atomic E-state index is 5.29. The molecule has 2 aromatic rings. The maximum atomic E-state index is 5.29. The van der Waals surface area contributed by atoms with Gasteiger partial charge in [-0.2, -0.15) is 0 Å². The summed E-state index contributed by atoms with van der Waals surface area (Å²) in [6.45, 7) is 2.58. The second-order valence-electron chi connectivity index (χ2n) is 3.01. The molecule has 0 unspecified atom stereocenters. The molecule has 0 radical (unpaired) electrons. The lowest BCUT2D eigenvalue weighted by Gasteiger charge is -2.01. The van der Waals surface area contributed by atoms with Crippen molar-refractivity contribution in [3.05, 3.63) is 41.0 Å². The SMILES string of the molecule is CCOc1ccn(-c2cccc(Br)c2)n1. The first-order valence-corrected chi connectivity index (χ1v) is 5.53. The van der Waals surface area contributed by atoms with Crippen LogP contribution in [0, 0.1) is 0 Å². The molecule has 0 bridgehead atoms. The van der Waals surface area contributed by atoms with Gasteiger partial charge in [0.1, 0.15) is 0 Å². The highest BCUT2D eigenvalue weighted by Crippen LogP contribution is 2.16. The number of ether oxygens (including phenoxy) is 1. The fraction of sp³-hybridized carbons (Fsp3) is 0.182. The van der Waals surface area contributed by atoms with Crippen LogP contribution >= 0.6 is 15.9 Å². The fourth-order valence-corrected chi connectivity index (χ4v) is 1.68. The lowest BCUT2D eigenvalue weighted by molar-refractivity contribution is 0.324. The van der Waals surface area contributed by atoms with Gasteiger partial charge < -0.3 is 4.74 Å². The first kappa shape index (κ1) is 10.2. The van der Waals surface area contributed by atoms with Gasteiger partial charge in [-0.05, 0) is 25.1 Å². The van der Waals surface area contributed by atoms with E-state index in [-0.39, 0.29) is 0 Å². The van der Waals surface area contributed by atoms with Crippen molar-refractivity contribution in [2.24, 2.45) is 0 Å². The van der Waals surface area contributed by atoms with Gasteiger partial charge in [0.15, 0.2) is 0 Å². The lowest BCUT2D eigenvalue weighted by Crippen LogP contribution is -1.96. The molecule has 0 atom stereocenters. The van der Waals surface area contributed by atoms with Crippen molar-refractivity contribution in [1.82, 2.24) is 9.78 Å². The van der Waals surface area contributed by atoms with Crippen molar-refractivity contribution in [1.29, 1.82) is 0 Å². The Balaban J connectivity index is 2.29. The predicted molar refractivity (Wildman–Crippen MR) is 62.4 cm³/mol. The largest absolute Gasteiger partial charge is 0.477 e. The van der Waals surface area contributed by atoms with Gasteiger partial charge >= 0.3 is 0 Å². The highest BCUT2D eigenvalue weighted by atomic mass is 79.9. The highest BCUT2D eigenvalue weighted by molar-refractivity contribution is 9.10. The Bertz CT molecular complexity index is 453. The first-order valence-electron chi connectivity index (χ1n) is 4.74. The molecule has 78 valence electrons. The van der Waals surface area contributed by atoms with Crippen molar-refractivity contribution in [3.8, 4) is 11.6 Å². The molecule has 0 aliphatic heterocycles. The zero-order valence-electron chi connectivity index (χ0n) is 8.35. The molecule has 0 N–H and O–H groups in total. The average molecular weight is 267 g/mol. The van der Waals surface area contributed by atoms with Gasteiger partial charge in [0.25, 0.3) is 0 Å². The first-order chi connectivity index (χ1) is 7.29. The molecule has 0 saturated carbocycles. The van der Waals surface area contributed by atoms with E-state index in [1.54, 1.807) is 4.68 Å². The Morgan fingerprint density at radius 3 is 3.00 bits per heavy atom. The Kier molecular flexibility index (Phi) is 3.06. The minimum atomic E-state index is 0.634. The standard InChI is InChI=1S/C11H11BrN2O/c1-2-15-11-6-7-14(13-11)10-5-3-4-9(12)8-10/h3-8H,2H2,1H3. The third kappa shape index (κ3) is 2.39. The van der Waals surface area contributed by atoms with E-state index in [2.05, 4.69) is 21.0 Å². The summed E-state index contributed by atoms with van der Waals surface area (Å²) in [6, 6.07) is 9.80. The Morgan fingerprint density at radius 1 is 1.40 bits per heavy atom. The summed E-state index contributed by atoms with van der Waals surface area (Å²) in [6.07, 6.45) is 1.88. The third-order valence-corrected chi connectivity index (χ3v) is 2.42. The van der Waals surface area contributed by atoms with E-state index in [1.807, 2.05) is 43.5 Å². The van der Waals surface area contributed by atoms with Gasteiger partial charge in [-0.3, -0.25) is 0 Å². The van der Waals surface area contributed by atoms with Crippen LogP contribution in [0.4, 0.5) is 0 Å². The number of rotatable bonds is 3.